The van der Waals surface area contributed by atoms with Gasteiger partial charge in [0.2, 0.25) is 11.8 Å². The lowest BCUT2D eigenvalue weighted by molar-refractivity contribution is -0.139. The largest absolute Gasteiger partial charge is 0.411 e. The van der Waals surface area contributed by atoms with E-state index in [1.54, 1.807) is 0 Å². The fourth-order valence-electron chi connectivity index (χ4n) is 3.47. The van der Waals surface area contributed by atoms with Crippen LogP contribution >= 0.6 is 11.8 Å². The van der Waals surface area contributed by atoms with E-state index in [1.165, 1.54) is 0 Å². The number of thioether (sulfide) groups is 1. The highest BCUT2D eigenvalue weighted by atomic mass is 32.2. The van der Waals surface area contributed by atoms with Gasteiger partial charge < -0.3 is 9.73 Å². The number of nitrogens with zero attached hydrogens (tertiary/aromatic N) is 3. The van der Waals surface area contributed by atoms with Crippen molar-refractivity contribution in [3.05, 3.63) is 30.3 Å². The Bertz CT molecular complexity index is 894. The molecule has 2 aromatic rings. The summed E-state index contributed by atoms with van der Waals surface area (Å²) in [5.74, 6) is -0.599. The lowest BCUT2D eigenvalue weighted by Crippen LogP contribution is -2.51. The van der Waals surface area contributed by atoms with Gasteiger partial charge in [0.05, 0.1) is 5.75 Å². The molecule has 1 aromatic heterocycles. The Morgan fingerprint density at radius 1 is 1.18 bits per heavy atom. The summed E-state index contributed by atoms with van der Waals surface area (Å²) < 4.78 is 5.52. The van der Waals surface area contributed by atoms with E-state index in [0.29, 0.717) is 18.7 Å². The SMILES string of the molecule is O=C(CSc1nnc(-c2ccccc2)o1)NN1C(=O)NC2(CCCCC2)C1=O. The van der Waals surface area contributed by atoms with Gasteiger partial charge in [0.1, 0.15) is 5.54 Å². The Labute approximate surface area is 165 Å². The van der Waals surface area contributed by atoms with Crippen LogP contribution in [0.1, 0.15) is 32.1 Å². The third kappa shape index (κ3) is 3.59. The van der Waals surface area contributed by atoms with Gasteiger partial charge in [0, 0.05) is 5.56 Å². The predicted octanol–water partition coefficient (Wildman–Crippen LogP) is 2.11. The van der Waals surface area contributed by atoms with E-state index >= 15 is 0 Å². The molecule has 9 nitrogen and oxygen atoms in total. The van der Waals surface area contributed by atoms with Crippen LogP contribution in [-0.4, -0.2) is 44.3 Å². The fraction of sp³-hybridized carbons (Fsp3) is 0.389. The zero-order chi connectivity index (χ0) is 19.6. The molecule has 10 heteroatoms. The van der Waals surface area contributed by atoms with Crippen molar-refractivity contribution in [1.29, 1.82) is 0 Å². The van der Waals surface area contributed by atoms with E-state index < -0.39 is 17.5 Å². The van der Waals surface area contributed by atoms with Gasteiger partial charge in [0.25, 0.3) is 11.1 Å². The molecule has 2 N–H and O–H groups in total. The number of rotatable bonds is 5. The van der Waals surface area contributed by atoms with Gasteiger partial charge in [-0.1, -0.05) is 49.2 Å². The number of hydrogen-bond acceptors (Lipinski definition) is 7. The molecule has 1 aromatic carbocycles. The van der Waals surface area contributed by atoms with Crippen molar-refractivity contribution >= 4 is 29.6 Å². The molecular formula is C18H19N5O4S. The topological polar surface area (TPSA) is 117 Å². The lowest BCUT2D eigenvalue weighted by atomic mass is 9.82. The van der Waals surface area contributed by atoms with Crippen LogP contribution in [0, 0.1) is 0 Å². The molecule has 1 aliphatic carbocycles. The number of carbonyl (C=O) groups is 3. The Morgan fingerprint density at radius 3 is 2.68 bits per heavy atom. The normalized spacial score (nSPS) is 18.4. The third-order valence-corrected chi connectivity index (χ3v) is 5.68. The highest BCUT2D eigenvalue weighted by Gasteiger charge is 2.52. The molecule has 0 atom stereocenters. The molecule has 0 unspecified atom stereocenters. The van der Waals surface area contributed by atoms with Crippen molar-refractivity contribution in [2.24, 2.45) is 0 Å². The van der Waals surface area contributed by atoms with Crippen molar-refractivity contribution < 1.29 is 18.8 Å². The van der Waals surface area contributed by atoms with Gasteiger partial charge in [-0.15, -0.1) is 10.2 Å². The minimum absolute atomic E-state index is 0.0690. The minimum Gasteiger partial charge on any atom is -0.411 e. The van der Waals surface area contributed by atoms with Crippen LogP contribution in [0.4, 0.5) is 4.79 Å². The van der Waals surface area contributed by atoms with Crippen LogP contribution in [0.25, 0.3) is 11.5 Å². The summed E-state index contributed by atoms with van der Waals surface area (Å²) in [7, 11) is 0. The van der Waals surface area contributed by atoms with Crippen LogP contribution < -0.4 is 10.7 Å². The molecule has 1 saturated carbocycles. The second kappa shape index (κ2) is 7.63. The first-order chi connectivity index (χ1) is 13.6. The molecule has 4 amide bonds. The molecule has 0 radical (unpaired) electrons. The zero-order valence-electron chi connectivity index (χ0n) is 15.0. The van der Waals surface area contributed by atoms with Crippen LogP contribution in [0.2, 0.25) is 0 Å². The van der Waals surface area contributed by atoms with Crippen LogP contribution in [0.15, 0.2) is 40.0 Å². The molecule has 28 heavy (non-hydrogen) atoms. The Morgan fingerprint density at radius 2 is 1.93 bits per heavy atom. The number of urea groups is 1. The Hall–Kier alpha value is -2.88. The molecule has 4 rings (SSSR count). The van der Waals surface area contributed by atoms with Gasteiger partial charge in [-0.05, 0) is 25.0 Å². The van der Waals surface area contributed by atoms with E-state index in [0.717, 1.165) is 41.6 Å². The fourth-order valence-corrected chi connectivity index (χ4v) is 4.02. The first-order valence-corrected chi connectivity index (χ1v) is 10.0. The zero-order valence-corrected chi connectivity index (χ0v) is 15.8. The first kappa shape index (κ1) is 18.5. The smallest absolute Gasteiger partial charge is 0.344 e. The molecule has 1 saturated heterocycles. The summed E-state index contributed by atoms with van der Waals surface area (Å²) in [4.78, 5) is 37.0. The molecular weight excluding hydrogens is 382 g/mol. The van der Waals surface area contributed by atoms with Gasteiger partial charge in [-0.2, -0.15) is 5.01 Å². The average Bonchev–Trinajstić information content (AvgIpc) is 3.27. The van der Waals surface area contributed by atoms with Crippen molar-refractivity contribution in [3.63, 3.8) is 0 Å². The maximum atomic E-state index is 12.6. The molecule has 2 fully saturated rings. The first-order valence-electron chi connectivity index (χ1n) is 9.05. The van der Waals surface area contributed by atoms with Crippen molar-refractivity contribution in [2.75, 3.05) is 5.75 Å². The summed E-state index contributed by atoms with van der Waals surface area (Å²) in [6.07, 6.45) is 4.00. The second-order valence-corrected chi connectivity index (χ2v) is 7.70. The summed E-state index contributed by atoms with van der Waals surface area (Å²) in [6.45, 7) is 0. The molecule has 146 valence electrons. The number of benzene rings is 1. The van der Waals surface area contributed by atoms with Gasteiger partial charge in [-0.3, -0.25) is 15.0 Å². The lowest BCUT2D eigenvalue weighted by Gasteiger charge is -2.30. The quantitative estimate of drug-likeness (QED) is 0.582. The molecule has 2 aliphatic rings. The van der Waals surface area contributed by atoms with E-state index in [4.69, 9.17) is 4.42 Å². The van der Waals surface area contributed by atoms with E-state index in [1.807, 2.05) is 30.3 Å². The number of carbonyl (C=O) groups excluding carboxylic acids is 3. The highest BCUT2D eigenvalue weighted by molar-refractivity contribution is 7.99. The number of aromatic nitrogens is 2. The maximum Gasteiger partial charge on any atom is 0.344 e. The number of hydrazine groups is 1. The summed E-state index contributed by atoms with van der Waals surface area (Å²) >= 11 is 1.03. The van der Waals surface area contributed by atoms with Gasteiger partial charge >= 0.3 is 6.03 Å². The van der Waals surface area contributed by atoms with Crippen LogP contribution in [0.5, 0.6) is 0 Å². The summed E-state index contributed by atoms with van der Waals surface area (Å²) in [5.41, 5.74) is 2.29. The number of amides is 4. The molecule has 0 bridgehead atoms. The highest BCUT2D eigenvalue weighted by Crippen LogP contribution is 2.33. The number of hydrogen-bond donors (Lipinski definition) is 2. The Kier molecular flexibility index (Phi) is 5.03. The van der Waals surface area contributed by atoms with Crippen LogP contribution in [-0.2, 0) is 9.59 Å². The van der Waals surface area contributed by atoms with Crippen LogP contribution in [0.3, 0.4) is 0 Å². The predicted molar refractivity (Wildman–Crippen MR) is 99.8 cm³/mol. The van der Waals surface area contributed by atoms with Gasteiger partial charge in [0.15, 0.2) is 0 Å². The average molecular weight is 401 g/mol. The molecule has 1 spiro atoms. The van der Waals surface area contributed by atoms with Crippen molar-refractivity contribution in [2.45, 2.75) is 42.9 Å². The number of nitrogens with one attached hydrogen (secondary N) is 2. The number of imide groups is 1. The van der Waals surface area contributed by atoms with E-state index in [-0.39, 0.29) is 16.9 Å². The summed E-state index contributed by atoms with van der Waals surface area (Å²) in [5, 5.41) is 11.6. The van der Waals surface area contributed by atoms with Gasteiger partial charge in [-0.25, -0.2) is 4.79 Å². The molecule has 1 aliphatic heterocycles. The van der Waals surface area contributed by atoms with E-state index in [9.17, 15) is 14.4 Å². The molecule has 2 heterocycles. The maximum absolute atomic E-state index is 12.6. The van der Waals surface area contributed by atoms with Crippen molar-refractivity contribution in [1.82, 2.24) is 25.9 Å². The third-order valence-electron chi connectivity index (χ3n) is 4.86. The monoisotopic (exact) mass is 401 g/mol. The summed E-state index contributed by atoms with van der Waals surface area (Å²) in [6, 6.07) is 8.69. The van der Waals surface area contributed by atoms with Crippen molar-refractivity contribution in [3.8, 4) is 11.5 Å². The standard InChI is InChI=1S/C18H19N5O4S/c24-13(11-28-17-21-20-14(27-17)12-7-3-1-4-8-12)22-23-15(25)18(19-16(23)26)9-5-2-6-10-18/h1,3-4,7-8H,2,5-6,9-11H2,(H,19,26)(H,22,24). The second-order valence-electron chi connectivity index (χ2n) is 6.78. The minimum atomic E-state index is -0.868. The van der Waals surface area contributed by atoms with E-state index in [2.05, 4.69) is 20.9 Å². The Balaban J connectivity index is 1.33.